The first-order valence-corrected chi connectivity index (χ1v) is 7.76. The lowest BCUT2D eigenvalue weighted by Gasteiger charge is -2.32. The molecule has 0 unspecified atom stereocenters. The van der Waals surface area contributed by atoms with Crippen molar-refractivity contribution in [1.29, 1.82) is 0 Å². The first kappa shape index (κ1) is 13.3. The van der Waals surface area contributed by atoms with Gasteiger partial charge in [-0.2, -0.15) is 0 Å². The summed E-state index contributed by atoms with van der Waals surface area (Å²) in [6.45, 7) is 4.04. The Morgan fingerprint density at radius 2 is 1.95 bits per heavy atom. The van der Waals surface area contributed by atoms with Gasteiger partial charge in [-0.1, -0.05) is 28.8 Å². The molecule has 3 rings (SSSR count). The molecule has 0 spiro atoms. The quantitative estimate of drug-likeness (QED) is 0.907. The number of ether oxygens (including phenoxy) is 2. The number of hydrogen-bond acceptors (Lipinski definition) is 3. The Kier molecular flexibility index (Phi) is 3.48. The van der Waals surface area contributed by atoms with Crippen LogP contribution in [0.2, 0.25) is 0 Å². The summed E-state index contributed by atoms with van der Waals surface area (Å²) in [6, 6.07) is 2.14. The van der Waals surface area contributed by atoms with E-state index in [1.807, 2.05) is 0 Å². The van der Waals surface area contributed by atoms with Crippen LogP contribution in [0, 0.1) is 6.92 Å². The Hall–Kier alpha value is -0.740. The van der Waals surface area contributed by atoms with Gasteiger partial charge in [0.1, 0.15) is 13.2 Å². The van der Waals surface area contributed by atoms with E-state index in [4.69, 9.17) is 15.2 Å². The van der Waals surface area contributed by atoms with Gasteiger partial charge in [0.05, 0.1) is 0 Å². The minimum absolute atomic E-state index is 0.111. The van der Waals surface area contributed by atoms with Crippen molar-refractivity contribution in [2.24, 2.45) is 5.73 Å². The number of rotatable bonds is 2. The number of nitrogens with two attached hydrogens (primary N) is 1. The van der Waals surface area contributed by atoms with E-state index in [0.29, 0.717) is 19.8 Å². The predicted molar refractivity (Wildman–Crippen MR) is 79.1 cm³/mol. The molecule has 0 amide bonds. The van der Waals surface area contributed by atoms with E-state index in [0.717, 1.165) is 21.5 Å². The summed E-state index contributed by atoms with van der Waals surface area (Å²) in [7, 11) is 0. The first-order chi connectivity index (χ1) is 9.18. The average Bonchev–Trinajstić information content (AvgIpc) is 2.93. The van der Waals surface area contributed by atoms with E-state index in [1.165, 1.54) is 31.2 Å². The zero-order chi connectivity index (χ0) is 13.5. The van der Waals surface area contributed by atoms with Crippen molar-refractivity contribution in [1.82, 2.24) is 0 Å². The van der Waals surface area contributed by atoms with E-state index in [1.54, 1.807) is 0 Å². The lowest BCUT2D eigenvalue weighted by Crippen LogP contribution is -2.33. The average molecular weight is 326 g/mol. The fourth-order valence-corrected chi connectivity index (χ4v) is 4.06. The number of fused-ring (bicyclic) bond motifs is 1. The van der Waals surface area contributed by atoms with Crippen LogP contribution in [0.3, 0.4) is 0 Å². The molecule has 19 heavy (non-hydrogen) atoms. The fraction of sp³-hybridized carbons (Fsp3) is 0.600. The van der Waals surface area contributed by atoms with Gasteiger partial charge in [-0.3, -0.25) is 0 Å². The zero-order valence-corrected chi connectivity index (χ0v) is 12.9. The molecule has 1 saturated carbocycles. The number of halogens is 1. The maximum atomic E-state index is 6.10. The molecule has 3 nitrogen and oxygen atoms in total. The van der Waals surface area contributed by atoms with E-state index < -0.39 is 0 Å². The second-order valence-corrected chi connectivity index (χ2v) is 6.37. The maximum absolute atomic E-state index is 6.10. The van der Waals surface area contributed by atoms with E-state index in [2.05, 4.69) is 28.9 Å². The highest BCUT2D eigenvalue weighted by Gasteiger charge is 2.37. The standard InChI is InChI=1S/C15H20BrNO2/c1-10-13(16)11(15(9-17)4-2-3-5-15)8-12-14(10)19-7-6-18-12/h8H,2-7,9,17H2,1H3. The van der Waals surface area contributed by atoms with Crippen LogP contribution >= 0.6 is 15.9 Å². The van der Waals surface area contributed by atoms with Crippen molar-refractivity contribution in [2.45, 2.75) is 38.0 Å². The molecule has 0 aromatic heterocycles. The molecule has 1 aromatic carbocycles. The Morgan fingerprint density at radius 3 is 2.63 bits per heavy atom. The predicted octanol–water partition coefficient (Wildman–Crippen LogP) is 3.30. The van der Waals surface area contributed by atoms with Crippen LogP contribution in [0.25, 0.3) is 0 Å². The molecule has 0 saturated heterocycles. The molecular weight excluding hydrogens is 306 g/mol. The SMILES string of the molecule is Cc1c(Br)c(C2(CN)CCCC2)cc2c1OCCO2. The van der Waals surface area contributed by atoms with E-state index >= 15 is 0 Å². The van der Waals surface area contributed by atoms with Crippen molar-refractivity contribution in [3.63, 3.8) is 0 Å². The Bertz CT molecular complexity index is 495. The van der Waals surface area contributed by atoms with Gasteiger partial charge in [0, 0.05) is 22.0 Å². The Labute approximate surface area is 122 Å². The normalized spacial score (nSPS) is 20.6. The Morgan fingerprint density at radius 1 is 1.26 bits per heavy atom. The molecule has 4 heteroatoms. The van der Waals surface area contributed by atoms with E-state index in [-0.39, 0.29) is 5.41 Å². The first-order valence-electron chi connectivity index (χ1n) is 6.97. The summed E-state index contributed by atoms with van der Waals surface area (Å²) in [6.07, 6.45) is 4.86. The third kappa shape index (κ3) is 2.05. The van der Waals surface area contributed by atoms with Crippen molar-refractivity contribution in [3.8, 4) is 11.5 Å². The second-order valence-electron chi connectivity index (χ2n) is 5.58. The molecule has 1 aliphatic heterocycles. The van der Waals surface area contributed by atoms with Gasteiger partial charge in [-0.05, 0) is 31.4 Å². The third-order valence-electron chi connectivity index (χ3n) is 4.52. The fourth-order valence-electron chi connectivity index (χ4n) is 3.35. The molecule has 1 heterocycles. The summed E-state index contributed by atoms with van der Waals surface area (Å²) >= 11 is 3.75. The van der Waals surface area contributed by atoms with Crippen LogP contribution < -0.4 is 15.2 Å². The van der Waals surface area contributed by atoms with Crippen LogP contribution in [-0.2, 0) is 5.41 Å². The smallest absolute Gasteiger partial charge is 0.165 e. The summed E-state index contributed by atoms with van der Waals surface area (Å²) in [5.41, 5.74) is 8.65. The van der Waals surface area contributed by atoms with Gasteiger partial charge >= 0.3 is 0 Å². The lowest BCUT2D eigenvalue weighted by molar-refractivity contribution is 0.169. The van der Waals surface area contributed by atoms with Crippen molar-refractivity contribution in [3.05, 3.63) is 21.7 Å². The Balaban J connectivity index is 2.13. The second kappa shape index (κ2) is 4.98. The van der Waals surface area contributed by atoms with Gasteiger partial charge in [-0.25, -0.2) is 0 Å². The molecule has 2 aliphatic rings. The summed E-state index contributed by atoms with van der Waals surface area (Å²) in [5, 5.41) is 0. The van der Waals surface area contributed by atoms with E-state index in [9.17, 15) is 0 Å². The molecule has 1 aliphatic carbocycles. The summed E-state index contributed by atoms with van der Waals surface area (Å²) < 4.78 is 12.6. The van der Waals surface area contributed by atoms with Crippen LogP contribution in [0.4, 0.5) is 0 Å². The molecule has 0 radical (unpaired) electrons. The topological polar surface area (TPSA) is 44.5 Å². The van der Waals surface area contributed by atoms with Gasteiger partial charge in [0.2, 0.25) is 0 Å². The monoisotopic (exact) mass is 325 g/mol. The zero-order valence-electron chi connectivity index (χ0n) is 11.3. The highest BCUT2D eigenvalue weighted by molar-refractivity contribution is 9.10. The highest BCUT2D eigenvalue weighted by atomic mass is 79.9. The van der Waals surface area contributed by atoms with Crippen molar-refractivity contribution >= 4 is 15.9 Å². The molecule has 0 bridgehead atoms. The van der Waals surface area contributed by atoms with Crippen LogP contribution in [0.5, 0.6) is 11.5 Å². The highest BCUT2D eigenvalue weighted by Crippen LogP contribution is 2.48. The molecule has 104 valence electrons. The summed E-state index contributed by atoms with van der Waals surface area (Å²) in [4.78, 5) is 0. The maximum Gasteiger partial charge on any atom is 0.165 e. The van der Waals surface area contributed by atoms with Crippen molar-refractivity contribution < 1.29 is 9.47 Å². The van der Waals surface area contributed by atoms with Gasteiger partial charge < -0.3 is 15.2 Å². The lowest BCUT2D eigenvalue weighted by atomic mass is 9.78. The van der Waals surface area contributed by atoms with Crippen LogP contribution in [0.15, 0.2) is 10.5 Å². The largest absolute Gasteiger partial charge is 0.486 e. The molecular formula is C15H20BrNO2. The van der Waals surface area contributed by atoms with Gasteiger partial charge in [0.15, 0.2) is 11.5 Å². The van der Waals surface area contributed by atoms with Crippen molar-refractivity contribution in [2.75, 3.05) is 19.8 Å². The van der Waals surface area contributed by atoms with Gasteiger partial charge in [0.25, 0.3) is 0 Å². The molecule has 1 aromatic rings. The third-order valence-corrected chi connectivity index (χ3v) is 5.54. The summed E-state index contributed by atoms with van der Waals surface area (Å²) in [5.74, 6) is 1.76. The van der Waals surface area contributed by atoms with Gasteiger partial charge in [-0.15, -0.1) is 0 Å². The van der Waals surface area contributed by atoms with Crippen LogP contribution in [0.1, 0.15) is 36.8 Å². The number of hydrogen-bond donors (Lipinski definition) is 1. The molecule has 0 atom stereocenters. The molecule has 2 N–H and O–H groups in total. The molecule has 1 fully saturated rings. The minimum atomic E-state index is 0.111. The number of benzene rings is 1. The minimum Gasteiger partial charge on any atom is -0.486 e. The van der Waals surface area contributed by atoms with Crippen LogP contribution in [-0.4, -0.2) is 19.8 Å².